The quantitative estimate of drug-likeness (QED) is 0.776. The number of methoxy groups -OCH3 is 2. The Bertz CT molecular complexity index is 468. The van der Waals surface area contributed by atoms with E-state index in [1.54, 1.807) is 19.2 Å². The number of ether oxygens (including phenoxy) is 4. The van der Waals surface area contributed by atoms with Crippen LogP contribution >= 0.6 is 15.9 Å². The summed E-state index contributed by atoms with van der Waals surface area (Å²) in [7, 11) is 3.07. The van der Waals surface area contributed by atoms with Crippen LogP contribution in [0.2, 0.25) is 0 Å². The lowest BCUT2D eigenvalue weighted by atomic mass is 10.1. The SMILES string of the molecule is COc1ccc(C(=O)CC2OCCO2)c(OC)c1Br. The average molecular weight is 331 g/mol. The van der Waals surface area contributed by atoms with Crippen LogP contribution in [0.1, 0.15) is 16.8 Å². The zero-order valence-corrected chi connectivity index (χ0v) is 12.4. The lowest BCUT2D eigenvalue weighted by molar-refractivity contribution is -0.0407. The molecule has 1 fully saturated rings. The average Bonchev–Trinajstić information content (AvgIpc) is 2.91. The van der Waals surface area contributed by atoms with Crippen molar-refractivity contribution in [3.63, 3.8) is 0 Å². The highest BCUT2D eigenvalue weighted by Gasteiger charge is 2.24. The summed E-state index contributed by atoms with van der Waals surface area (Å²) in [6.45, 7) is 1.06. The van der Waals surface area contributed by atoms with E-state index in [0.717, 1.165) is 0 Å². The maximum Gasteiger partial charge on any atom is 0.171 e. The molecule has 0 spiro atoms. The number of Topliss-reactive ketones (excluding diaryl/α,β-unsaturated/α-hetero) is 1. The second kappa shape index (κ2) is 6.36. The molecule has 0 atom stereocenters. The van der Waals surface area contributed by atoms with Gasteiger partial charge in [0.1, 0.15) is 16.0 Å². The molecule has 1 aliphatic heterocycles. The van der Waals surface area contributed by atoms with Crippen molar-refractivity contribution in [3.8, 4) is 11.5 Å². The molecule has 1 heterocycles. The van der Waals surface area contributed by atoms with E-state index >= 15 is 0 Å². The summed E-state index contributed by atoms with van der Waals surface area (Å²) in [5.74, 6) is 0.983. The third-order valence-electron chi connectivity index (χ3n) is 2.83. The van der Waals surface area contributed by atoms with Gasteiger partial charge in [0.25, 0.3) is 0 Å². The van der Waals surface area contributed by atoms with Gasteiger partial charge in [-0.25, -0.2) is 0 Å². The van der Waals surface area contributed by atoms with Gasteiger partial charge in [-0.2, -0.15) is 0 Å². The van der Waals surface area contributed by atoms with Crippen molar-refractivity contribution >= 4 is 21.7 Å². The van der Waals surface area contributed by atoms with Crippen molar-refractivity contribution in [3.05, 3.63) is 22.2 Å². The highest BCUT2D eigenvalue weighted by molar-refractivity contribution is 9.10. The Morgan fingerprint density at radius 1 is 1.32 bits per heavy atom. The van der Waals surface area contributed by atoms with E-state index in [0.29, 0.717) is 34.7 Å². The zero-order valence-electron chi connectivity index (χ0n) is 10.8. The fourth-order valence-corrected chi connectivity index (χ4v) is 2.57. The highest BCUT2D eigenvalue weighted by atomic mass is 79.9. The van der Waals surface area contributed by atoms with Crippen molar-refractivity contribution in [2.75, 3.05) is 27.4 Å². The summed E-state index contributed by atoms with van der Waals surface area (Å²) >= 11 is 3.37. The summed E-state index contributed by atoms with van der Waals surface area (Å²) in [4.78, 5) is 12.2. The lowest BCUT2D eigenvalue weighted by Crippen LogP contribution is -2.15. The van der Waals surface area contributed by atoms with Crippen molar-refractivity contribution in [1.82, 2.24) is 0 Å². The first-order valence-electron chi connectivity index (χ1n) is 5.84. The first-order valence-corrected chi connectivity index (χ1v) is 6.63. The van der Waals surface area contributed by atoms with Crippen molar-refractivity contribution in [2.45, 2.75) is 12.7 Å². The normalized spacial score (nSPS) is 15.5. The molecule has 1 saturated heterocycles. The van der Waals surface area contributed by atoms with Gasteiger partial charge >= 0.3 is 0 Å². The summed E-state index contributed by atoms with van der Waals surface area (Å²) in [6.07, 6.45) is -0.284. The molecule has 19 heavy (non-hydrogen) atoms. The third-order valence-corrected chi connectivity index (χ3v) is 3.58. The van der Waals surface area contributed by atoms with Crippen LogP contribution in [0, 0.1) is 0 Å². The molecule has 0 unspecified atom stereocenters. The molecule has 5 nitrogen and oxygen atoms in total. The second-order valence-electron chi connectivity index (χ2n) is 3.96. The van der Waals surface area contributed by atoms with Crippen molar-refractivity contribution in [2.24, 2.45) is 0 Å². The molecular formula is C13H15BrO5. The number of carbonyl (C=O) groups is 1. The van der Waals surface area contributed by atoms with E-state index in [1.165, 1.54) is 7.11 Å². The first-order chi connectivity index (χ1) is 9.17. The number of rotatable bonds is 5. The van der Waals surface area contributed by atoms with Gasteiger partial charge in [0.05, 0.1) is 39.4 Å². The van der Waals surface area contributed by atoms with E-state index in [4.69, 9.17) is 18.9 Å². The fraction of sp³-hybridized carbons (Fsp3) is 0.462. The minimum absolute atomic E-state index is 0.0906. The van der Waals surface area contributed by atoms with E-state index in [1.807, 2.05) is 0 Å². The predicted octanol–water partition coefficient (Wildman–Crippen LogP) is 2.41. The number of ketones is 1. The summed E-state index contributed by atoms with van der Waals surface area (Å²) < 4.78 is 21.6. The summed E-state index contributed by atoms with van der Waals surface area (Å²) in [5.41, 5.74) is 0.481. The summed E-state index contributed by atoms with van der Waals surface area (Å²) in [6, 6.07) is 3.40. The molecule has 0 aliphatic carbocycles. The van der Waals surface area contributed by atoms with Crippen LogP contribution in [-0.4, -0.2) is 39.5 Å². The van der Waals surface area contributed by atoms with Crippen LogP contribution in [0.15, 0.2) is 16.6 Å². The maximum atomic E-state index is 12.2. The van der Waals surface area contributed by atoms with Crippen LogP contribution in [0.4, 0.5) is 0 Å². The molecule has 0 amide bonds. The maximum absolute atomic E-state index is 12.2. The van der Waals surface area contributed by atoms with Gasteiger partial charge in [0.15, 0.2) is 12.1 Å². The van der Waals surface area contributed by atoms with Crippen LogP contribution in [0.3, 0.4) is 0 Å². The molecule has 1 aromatic rings. The molecule has 0 aromatic heterocycles. The van der Waals surface area contributed by atoms with Crippen molar-refractivity contribution in [1.29, 1.82) is 0 Å². The monoisotopic (exact) mass is 330 g/mol. The fourth-order valence-electron chi connectivity index (χ4n) is 1.90. The molecule has 2 rings (SSSR count). The van der Waals surface area contributed by atoms with Gasteiger partial charge in [-0.1, -0.05) is 0 Å². The number of hydrogen-bond acceptors (Lipinski definition) is 5. The number of halogens is 1. The Kier molecular flexibility index (Phi) is 4.79. The van der Waals surface area contributed by atoms with E-state index in [-0.39, 0.29) is 12.2 Å². The molecule has 1 aromatic carbocycles. The molecule has 6 heteroatoms. The van der Waals surface area contributed by atoms with Gasteiger partial charge in [-0.05, 0) is 28.1 Å². The van der Waals surface area contributed by atoms with Crippen molar-refractivity contribution < 1.29 is 23.7 Å². The zero-order chi connectivity index (χ0) is 13.8. The molecule has 0 radical (unpaired) electrons. The van der Waals surface area contributed by atoms with E-state index < -0.39 is 6.29 Å². The Morgan fingerprint density at radius 2 is 2.00 bits per heavy atom. The topological polar surface area (TPSA) is 54.0 Å². The van der Waals surface area contributed by atoms with E-state index in [9.17, 15) is 4.79 Å². The molecule has 104 valence electrons. The number of benzene rings is 1. The molecule has 0 saturated carbocycles. The van der Waals surface area contributed by atoms with Gasteiger partial charge < -0.3 is 18.9 Å². The molecule has 0 N–H and O–H groups in total. The highest BCUT2D eigenvalue weighted by Crippen LogP contribution is 2.37. The first kappa shape index (κ1) is 14.3. The number of carbonyl (C=O) groups excluding carboxylic acids is 1. The second-order valence-corrected chi connectivity index (χ2v) is 4.75. The Hall–Kier alpha value is -1.11. The van der Waals surface area contributed by atoms with Gasteiger partial charge in [-0.3, -0.25) is 4.79 Å². The molecule has 1 aliphatic rings. The Labute approximate surface area is 119 Å². The standard InChI is InChI=1S/C13H15BrO5/c1-16-10-4-3-8(13(17-2)12(10)14)9(15)7-11-18-5-6-19-11/h3-4,11H,5-7H2,1-2H3. The number of hydrogen-bond donors (Lipinski definition) is 0. The van der Waals surface area contributed by atoms with Crippen LogP contribution < -0.4 is 9.47 Å². The third kappa shape index (κ3) is 3.08. The lowest BCUT2D eigenvalue weighted by Gasteiger charge is -2.14. The largest absolute Gasteiger partial charge is 0.495 e. The van der Waals surface area contributed by atoms with Crippen LogP contribution in [0.5, 0.6) is 11.5 Å². The van der Waals surface area contributed by atoms with Gasteiger partial charge in [0.2, 0.25) is 0 Å². The predicted molar refractivity (Wildman–Crippen MR) is 71.9 cm³/mol. The molecular weight excluding hydrogens is 316 g/mol. The van der Waals surface area contributed by atoms with Gasteiger partial charge in [0, 0.05) is 0 Å². The van der Waals surface area contributed by atoms with Gasteiger partial charge in [-0.15, -0.1) is 0 Å². The van der Waals surface area contributed by atoms with Crippen LogP contribution in [0.25, 0.3) is 0 Å². The minimum Gasteiger partial charge on any atom is -0.495 e. The Morgan fingerprint density at radius 3 is 2.58 bits per heavy atom. The summed E-state index contributed by atoms with van der Waals surface area (Å²) in [5, 5.41) is 0. The smallest absolute Gasteiger partial charge is 0.171 e. The molecule has 0 bridgehead atoms. The minimum atomic E-state index is -0.460. The Balaban J connectivity index is 2.23. The van der Waals surface area contributed by atoms with E-state index in [2.05, 4.69) is 15.9 Å². The van der Waals surface area contributed by atoms with Crippen LogP contribution in [-0.2, 0) is 9.47 Å².